The first-order valence-electron chi connectivity index (χ1n) is 7.74. The Morgan fingerprint density at radius 3 is 2.42 bits per heavy atom. The summed E-state index contributed by atoms with van der Waals surface area (Å²) in [6.45, 7) is 0.633. The van der Waals surface area contributed by atoms with Crippen molar-refractivity contribution >= 4 is 0 Å². The highest BCUT2D eigenvalue weighted by atomic mass is 15.1. The number of rotatable bonds is 1. The molecule has 1 unspecified atom stereocenters. The van der Waals surface area contributed by atoms with Gasteiger partial charge in [-0.3, -0.25) is 0 Å². The number of nitrogens with zero attached hydrogens (tertiary/aromatic N) is 4. The van der Waals surface area contributed by atoms with Crippen LogP contribution in [0.5, 0.6) is 0 Å². The number of hydrogen-bond acceptors (Lipinski definition) is 5. The molecule has 2 aliphatic rings. The van der Waals surface area contributed by atoms with Crippen molar-refractivity contribution in [2.75, 3.05) is 13.6 Å². The van der Waals surface area contributed by atoms with Crippen molar-refractivity contribution < 1.29 is 0 Å². The molecule has 0 aromatic heterocycles. The van der Waals surface area contributed by atoms with Gasteiger partial charge in [-0.2, -0.15) is 15.8 Å². The Hall–Kier alpha value is -3.07. The summed E-state index contributed by atoms with van der Waals surface area (Å²) < 4.78 is 0. The van der Waals surface area contributed by atoms with Crippen molar-refractivity contribution in [1.29, 1.82) is 15.8 Å². The van der Waals surface area contributed by atoms with Gasteiger partial charge in [0.05, 0.1) is 29.8 Å². The molecule has 0 radical (unpaired) electrons. The Morgan fingerprint density at radius 1 is 1.17 bits per heavy atom. The second-order valence-electron chi connectivity index (χ2n) is 6.30. The van der Waals surface area contributed by atoms with Crippen LogP contribution >= 0.6 is 0 Å². The number of hydrogen-bond donors (Lipinski definition) is 1. The fourth-order valence-corrected chi connectivity index (χ4v) is 3.89. The van der Waals surface area contributed by atoms with Gasteiger partial charge in [0.2, 0.25) is 0 Å². The van der Waals surface area contributed by atoms with Gasteiger partial charge in [-0.25, -0.2) is 0 Å². The quantitative estimate of drug-likeness (QED) is 0.854. The summed E-state index contributed by atoms with van der Waals surface area (Å²) >= 11 is 0. The highest BCUT2D eigenvalue weighted by Crippen LogP contribution is 2.52. The minimum absolute atomic E-state index is 0.129. The molecule has 1 heterocycles. The average Bonchev–Trinajstić information content (AvgIpc) is 2.62. The first-order chi connectivity index (χ1) is 11.6. The number of benzene rings is 1. The van der Waals surface area contributed by atoms with E-state index in [1.165, 1.54) is 0 Å². The van der Waals surface area contributed by atoms with Crippen molar-refractivity contribution in [3.8, 4) is 18.2 Å². The Kier molecular flexibility index (Phi) is 3.86. The van der Waals surface area contributed by atoms with Crippen LogP contribution in [0.25, 0.3) is 0 Å². The lowest BCUT2D eigenvalue weighted by Crippen LogP contribution is -2.53. The summed E-state index contributed by atoms with van der Waals surface area (Å²) in [5, 5.41) is 29.4. The molecular weight excluding hydrogens is 298 g/mol. The van der Waals surface area contributed by atoms with Gasteiger partial charge < -0.3 is 10.6 Å². The molecule has 1 aromatic carbocycles. The van der Waals surface area contributed by atoms with Crippen molar-refractivity contribution in [3.63, 3.8) is 0 Å². The van der Waals surface area contributed by atoms with E-state index in [2.05, 4.69) is 18.2 Å². The smallest absolute Gasteiger partial charge is 0.170 e. The Bertz CT molecular complexity index is 817. The molecule has 118 valence electrons. The molecular formula is C19H17N5. The Labute approximate surface area is 141 Å². The molecule has 0 spiro atoms. The molecule has 5 nitrogen and oxygen atoms in total. The van der Waals surface area contributed by atoms with Crippen LogP contribution in [0, 0.1) is 45.3 Å². The maximum Gasteiger partial charge on any atom is 0.170 e. The van der Waals surface area contributed by atoms with Crippen LogP contribution in [0.2, 0.25) is 0 Å². The van der Waals surface area contributed by atoms with Crippen LogP contribution in [0.15, 0.2) is 53.8 Å². The van der Waals surface area contributed by atoms with E-state index in [1.807, 2.05) is 54.6 Å². The summed E-state index contributed by atoms with van der Waals surface area (Å²) in [4.78, 5) is 2.01. The molecule has 0 amide bonds. The van der Waals surface area contributed by atoms with Crippen LogP contribution < -0.4 is 5.73 Å². The van der Waals surface area contributed by atoms with Crippen molar-refractivity contribution in [3.05, 3.63) is 59.3 Å². The van der Waals surface area contributed by atoms with E-state index < -0.39 is 11.5 Å². The van der Waals surface area contributed by atoms with Gasteiger partial charge in [0, 0.05) is 25.4 Å². The third-order valence-electron chi connectivity index (χ3n) is 5.05. The topological polar surface area (TPSA) is 101 Å². The van der Waals surface area contributed by atoms with Crippen LogP contribution in [0.1, 0.15) is 11.5 Å². The third kappa shape index (κ3) is 2.09. The van der Waals surface area contributed by atoms with Gasteiger partial charge in [-0.05, 0) is 23.4 Å². The molecule has 0 fully saturated rings. The molecule has 3 atom stereocenters. The molecule has 5 heteroatoms. The van der Waals surface area contributed by atoms with Crippen molar-refractivity contribution in [2.24, 2.45) is 17.1 Å². The van der Waals surface area contributed by atoms with E-state index in [0.29, 0.717) is 12.1 Å². The van der Waals surface area contributed by atoms with E-state index in [4.69, 9.17) is 5.73 Å². The summed E-state index contributed by atoms with van der Waals surface area (Å²) in [6.07, 6.45) is 3.80. The second kappa shape index (κ2) is 5.85. The summed E-state index contributed by atoms with van der Waals surface area (Å²) in [6, 6.07) is 15.1. The van der Waals surface area contributed by atoms with Gasteiger partial charge in [0.15, 0.2) is 5.41 Å². The fourth-order valence-electron chi connectivity index (χ4n) is 3.89. The summed E-state index contributed by atoms with van der Waals surface area (Å²) in [5.74, 6) is -0.514. The number of fused-ring (bicyclic) bond motifs is 1. The van der Waals surface area contributed by atoms with Gasteiger partial charge in [0.25, 0.3) is 0 Å². The van der Waals surface area contributed by atoms with Gasteiger partial charge in [-0.15, -0.1) is 0 Å². The maximum atomic E-state index is 9.90. The van der Waals surface area contributed by atoms with E-state index >= 15 is 0 Å². The molecule has 1 aliphatic heterocycles. The lowest BCUT2D eigenvalue weighted by Gasteiger charge is -2.46. The summed E-state index contributed by atoms with van der Waals surface area (Å²) in [7, 11) is 1.94. The highest BCUT2D eigenvalue weighted by molar-refractivity contribution is 5.53. The van der Waals surface area contributed by atoms with Crippen LogP contribution in [0.4, 0.5) is 0 Å². The zero-order valence-corrected chi connectivity index (χ0v) is 13.3. The van der Waals surface area contributed by atoms with Crippen molar-refractivity contribution in [1.82, 2.24) is 4.90 Å². The summed E-state index contributed by atoms with van der Waals surface area (Å²) in [5.41, 5.74) is 6.92. The first kappa shape index (κ1) is 15.8. The number of allylic oxidation sites excluding steroid dienone is 1. The van der Waals surface area contributed by atoms with Gasteiger partial charge in [0.1, 0.15) is 0 Å². The standard InChI is InChI=1S/C19H17N5/c1-24-8-7-14-15(9-20)18(23)19(11-21,12-22)17(16(14)10-24)13-5-3-2-4-6-13/h2-8,16-18H,10,23H2,1H3/t16-,17+,18?/m0/s1. The van der Waals surface area contributed by atoms with Crippen LogP contribution in [0.3, 0.4) is 0 Å². The molecule has 0 saturated carbocycles. The normalized spacial score (nSPS) is 27.6. The van der Waals surface area contributed by atoms with E-state index in [0.717, 1.165) is 11.1 Å². The highest BCUT2D eigenvalue weighted by Gasteiger charge is 2.55. The predicted molar refractivity (Wildman–Crippen MR) is 88.7 cm³/mol. The number of nitrogens with two attached hydrogens (primary N) is 1. The molecule has 3 rings (SSSR count). The largest absolute Gasteiger partial charge is 0.380 e. The van der Waals surface area contributed by atoms with E-state index in [-0.39, 0.29) is 11.8 Å². The SMILES string of the molecule is CN1C=CC2=C(C#N)C(N)C(C#N)(C#N)[C@H](c3ccccc3)[C@H]2C1. The molecule has 0 bridgehead atoms. The molecule has 1 aliphatic carbocycles. The number of nitriles is 3. The second-order valence-corrected chi connectivity index (χ2v) is 6.30. The lowest BCUT2D eigenvalue weighted by atomic mass is 9.56. The first-order valence-corrected chi connectivity index (χ1v) is 7.74. The zero-order chi connectivity index (χ0) is 17.3. The van der Waals surface area contributed by atoms with Crippen molar-refractivity contribution in [2.45, 2.75) is 12.0 Å². The monoisotopic (exact) mass is 315 g/mol. The van der Waals surface area contributed by atoms with E-state index in [1.54, 1.807) is 0 Å². The predicted octanol–water partition coefficient (Wildman–Crippen LogP) is 2.04. The zero-order valence-electron chi connectivity index (χ0n) is 13.3. The molecule has 1 aromatic rings. The lowest BCUT2D eigenvalue weighted by molar-refractivity contribution is 0.229. The van der Waals surface area contributed by atoms with E-state index in [9.17, 15) is 15.8 Å². The van der Waals surface area contributed by atoms with Crippen LogP contribution in [-0.2, 0) is 0 Å². The Balaban J connectivity index is 2.31. The minimum Gasteiger partial charge on any atom is -0.380 e. The minimum atomic E-state index is -1.47. The fraction of sp³-hybridized carbons (Fsp3) is 0.316. The Morgan fingerprint density at radius 2 is 1.83 bits per heavy atom. The molecule has 0 saturated heterocycles. The molecule has 2 N–H and O–H groups in total. The average molecular weight is 315 g/mol. The van der Waals surface area contributed by atoms with Crippen LogP contribution in [-0.4, -0.2) is 24.5 Å². The van der Waals surface area contributed by atoms with Gasteiger partial charge in [-0.1, -0.05) is 30.3 Å². The third-order valence-corrected chi connectivity index (χ3v) is 5.05. The van der Waals surface area contributed by atoms with Gasteiger partial charge >= 0.3 is 0 Å². The maximum absolute atomic E-state index is 9.90. The molecule has 24 heavy (non-hydrogen) atoms.